The summed E-state index contributed by atoms with van der Waals surface area (Å²) in [6.07, 6.45) is 3.26. The molecule has 2 heterocycles. The van der Waals surface area contributed by atoms with Gasteiger partial charge in [-0.25, -0.2) is 4.79 Å². The number of ether oxygens (including phenoxy) is 1. The molecule has 2 unspecified atom stereocenters. The average molecular weight is 277 g/mol. The molecule has 0 aromatic heterocycles. The van der Waals surface area contributed by atoms with Crippen molar-refractivity contribution in [1.82, 2.24) is 10.2 Å². The summed E-state index contributed by atoms with van der Waals surface area (Å²) in [5, 5.41) is 3.41. The van der Waals surface area contributed by atoms with E-state index in [-0.39, 0.29) is 18.5 Å². The Bertz CT molecular complexity index is 289. The smallest absolute Gasteiger partial charge is 0.410 e. The first-order valence-corrected chi connectivity index (χ1v) is 6.68. The number of hydrogen-bond donors (Lipinski definition) is 1. The summed E-state index contributed by atoms with van der Waals surface area (Å²) in [4.78, 5) is 14.1. The van der Waals surface area contributed by atoms with Gasteiger partial charge in [-0.2, -0.15) is 0 Å². The normalized spacial score (nSPS) is 28.1. The summed E-state index contributed by atoms with van der Waals surface area (Å²) < 4.78 is 5.49. The molecule has 2 atom stereocenters. The van der Waals surface area contributed by atoms with Gasteiger partial charge in [-0.3, -0.25) is 0 Å². The lowest BCUT2D eigenvalue weighted by Crippen LogP contribution is -2.55. The standard InChI is InChI=1S/C13H24N2O2.ClH/c1-13(2,3)17-12(16)15-8-4-5-10-9-14-7-6-11(10)15;/h10-11,14H,4-9H2,1-3H3;1H. The molecule has 0 aromatic carbocycles. The number of amides is 1. The number of likely N-dealkylation sites (tertiary alicyclic amines) is 1. The van der Waals surface area contributed by atoms with Gasteiger partial charge in [0.2, 0.25) is 0 Å². The van der Waals surface area contributed by atoms with Gasteiger partial charge in [0.05, 0.1) is 0 Å². The number of nitrogens with zero attached hydrogens (tertiary/aromatic N) is 1. The minimum atomic E-state index is -0.392. The van der Waals surface area contributed by atoms with Gasteiger partial charge in [0.1, 0.15) is 5.60 Å². The molecular weight excluding hydrogens is 252 g/mol. The molecule has 0 aromatic rings. The fourth-order valence-electron chi connectivity index (χ4n) is 2.85. The second-order valence-electron chi connectivity index (χ2n) is 6.14. The van der Waals surface area contributed by atoms with E-state index in [1.807, 2.05) is 25.7 Å². The minimum Gasteiger partial charge on any atom is -0.444 e. The number of piperidine rings is 2. The van der Waals surface area contributed by atoms with Crippen LogP contribution in [0.4, 0.5) is 4.79 Å². The van der Waals surface area contributed by atoms with Gasteiger partial charge >= 0.3 is 6.09 Å². The lowest BCUT2D eigenvalue weighted by atomic mass is 9.85. The highest BCUT2D eigenvalue weighted by Gasteiger charge is 2.37. The molecule has 1 N–H and O–H groups in total. The van der Waals surface area contributed by atoms with Crippen molar-refractivity contribution in [2.75, 3.05) is 19.6 Å². The average Bonchev–Trinajstić information content (AvgIpc) is 2.26. The molecular formula is C13H25ClN2O2. The predicted octanol–water partition coefficient (Wildman–Crippen LogP) is 2.42. The Balaban J connectivity index is 0.00000162. The number of hydrogen-bond acceptors (Lipinski definition) is 3. The molecule has 18 heavy (non-hydrogen) atoms. The van der Waals surface area contributed by atoms with Crippen LogP contribution in [0.15, 0.2) is 0 Å². The van der Waals surface area contributed by atoms with Crippen LogP contribution in [0.2, 0.25) is 0 Å². The van der Waals surface area contributed by atoms with Crippen LogP contribution in [0.5, 0.6) is 0 Å². The quantitative estimate of drug-likeness (QED) is 0.739. The minimum absolute atomic E-state index is 0. The van der Waals surface area contributed by atoms with Crippen molar-refractivity contribution < 1.29 is 9.53 Å². The molecule has 5 heteroatoms. The van der Waals surface area contributed by atoms with Crippen molar-refractivity contribution in [2.24, 2.45) is 5.92 Å². The number of carbonyl (C=O) groups is 1. The maximum atomic E-state index is 12.2. The van der Waals surface area contributed by atoms with Crippen LogP contribution in [0.1, 0.15) is 40.0 Å². The van der Waals surface area contributed by atoms with E-state index in [0.29, 0.717) is 12.0 Å². The first-order valence-electron chi connectivity index (χ1n) is 6.68. The largest absolute Gasteiger partial charge is 0.444 e. The zero-order valence-electron chi connectivity index (χ0n) is 11.6. The van der Waals surface area contributed by atoms with Crippen molar-refractivity contribution in [3.8, 4) is 0 Å². The van der Waals surface area contributed by atoms with Gasteiger partial charge in [0.25, 0.3) is 0 Å². The maximum absolute atomic E-state index is 12.2. The van der Waals surface area contributed by atoms with Crippen molar-refractivity contribution in [3.63, 3.8) is 0 Å². The van der Waals surface area contributed by atoms with E-state index in [4.69, 9.17) is 4.74 Å². The van der Waals surface area contributed by atoms with Gasteiger partial charge in [0.15, 0.2) is 0 Å². The third-order valence-corrected chi connectivity index (χ3v) is 3.57. The molecule has 0 spiro atoms. The van der Waals surface area contributed by atoms with Crippen LogP contribution in [0.25, 0.3) is 0 Å². The molecule has 0 bridgehead atoms. The number of halogens is 1. The maximum Gasteiger partial charge on any atom is 0.410 e. The van der Waals surface area contributed by atoms with Gasteiger partial charge in [-0.05, 0) is 59.0 Å². The summed E-state index contributed by atoms with van der Waals surface area (Å²) in [5.41, 5.74) is -0.392. The second kappa shape index (κ2) is 6.11. The molecule has 2 saturated heterocycles. The van der Waals surface area contributed by atoms with E-state index in [1.165, 1.54) is 6.42 Å². The van der Waals surface area contributed by atoms with Crippen LogP contribution >= 0.6 is 12.4 Å². The van der Waals surface area contributed by atoms with Crippen molar-refractivity contribution >= 4 is 18.5 Å². The Morgan fingerprint density at radius 2 is 2.06 bits per heavy atom. The Morgan fingerprint density at radius 3 is 2.72 bits per heavy atom. The Labute approximate surface area is 116 Å². The van der Waals surface area contributed by atoms with Crippen LogP contribution in [0, 0.1) is 5.92 Å². The monoisotopic (exact) mass is 276 g/mol. The summed E-state index contributed by atoms with van der Waals surface area (Å²) in [5.74, 6) is 0.616. The molecule has 4 nitrogen and oxygen atoms in total. The summed E-state index contributed by atoms with van der Waals surface area (Å²) in [6, 6.07) is 0.389. The van der Waals surface area contributed by atoms with Crippen molar-refractivity contribution in [2.45, 2.75) is 51.7 Å². The first-order chi connectivity index (χ1) is 7.97. The van der Waals surface area contributed by atoms with E-state index in [2.05, 4.69) is 5.32 Å². The van der Waals surface area contributed by atoms with Crippen molar-refractivity contribution in [1.29, 1.82) is 0 Å². The van der Waals surface area contributed by atoms with E-state index in [1.54, 1.807) is 0 Å². The molecule has 1 amide bonds. The van der Waals surface area contributed by atoms with Crippen LogP contribution in [-0.2, 0) is 4.74 Å². The topological polar surface area (TPSA) is 41.6 Å². The third-order valence-electron chi connectivity index (χ3n) is 3.57. The number of fused-ring (bicyclic) bond motifs is 1. The summed E-state index contributed by atoms with van der Waals surface area (Å²) in [7, 11) is 0. The first kappa shape index (κ1) is 15.6. The van der Waals surface area contributed by atoms with Crippen LogP contribution < -0.4 is 5.32 Å². The number of carbonyl (C=O) groups excluding carboxylic acids is 1. The Hall–Kier alpha value is -0.480. The molecule has 2 aliphatic heterocycles. The SMILES string of the molecule is CC(C)(C)OC(=O)N1CCCC2CNCCC21.Cl. The lowest BCUT2D eigenvalue weighted by molar-refractivity contribution is -0.00497. The van der Waals surface area contributed by atoms with E-state index in [9.17, 15) is 4.79 Å². The van der Waals surface area contributed by atoms with Gasteiger partial charge in [-0.15, -0.1) is 12.4 Å². The molecule has 0 radical (unpaired) electrons. The van der Waals surface area contributed by atoms with Crippen molar-refractivity contribution in [3.05, 3.63) is 0 Å². The molecule has 2 aliphatic rings. The number of nitrogens with one attached hydrogen (secondary N) is 1. The fourth-order valence-corrected chi connectivity index (χ4v) is 2.85. The fraction of sp³-hybridized carbons (Fsp3) is 0.923. The lowest BCUT2D eigenvalue weighted by Gasteiger charge is -2.44. The summed E-state index contributed by atoms with van der Waals surface area (Å²) >= 11 is 0. The van der Waals surface area contributed by atoms with E-state index in [0.717, 1.165) is 32.5 Å². The second-order valence-corrected chi connectivity index (χ2v) is 6.14. The molecule has 2 fully saturated rings. The molecule has 2 rings (SSSR count). The van der Waals surface area contributed by atoms with E-state index < -0.39 is 5.60 Å². The Morgan fingerprint density at radius 1 is 1.33 bits per heavy atom. The van der Waals surface area contributed by atoms with Gasteiger partial charge in [-0.1, -0.05) is 0 Å². The highest BCUT2D eigenvalue weighted by molar-refractivity contribution is 5.85. The van der Waals surface area contributed by atoms with Gasteiger partial charge < -0.3 is 15.0 Å². The van der Waals surface area contributed by atoms with E-state index >= 15 is 0 Å². The molecule has 0 saturated carbocycles. The third kappa shape index (κ3) is 3.75. The zero-order valence-corrected chi connectivity index (χ0v) is 12.4. The zero-order chi connectivity index (χ0) is 12.5. The highest BCUT2D eigenvalue weighted by atomic mass is 35.5. The van der Waals surface area contributed by atoms with Crippen LogP contribution in [0.3, 0.4) is 0 Å². The van der Waals surface area contributed by atoms with Crippen LogP contribution in [-0.4, -0.2) is 42.3 Å². The Kier molecular flexibility index (Phi) is 5.29. The molecule has 106 valence electrons. The van der Waals surface area contributed by atoms with Gasteiger partial charge in [0, 0.05) is 12.6 Å². The summed E-state index contributed by atoms with van der Waals surface area (Å²) in [6.45, 7) is 8.69. The highest BCUT2D eigenvalue weighted by Crippen LogP contribution is 2.28. The molecule has 0 aliphatic carbocycles. The number of rotatable bonds is 0. The predicted molar refractivity (Wildman–Crippen MR) is 74.2 cm³/mol.